The summed E-state index contributed by atoms with van der Waals surface area (Å²) in [7, 11) is 3.23. The van der Waals surface area contributed by atoms with E-state index in [1.54, 1.807) is 56.7 Å². The van der Waals surface area contributed by atoms with Gasteiger partial charge in [0.25, 0.3) is 5.91 Å². The van der Waals surface area contributed by atoms with Crippen molar-refractivity contribution in [3.63, 3.8) is 0 Å². The first-order chi connectivity index (χ1) is 16.6. The van der Waals surface area contributed by atoms with Crippen molar-refractivity contribution < 1.29 is 23.8 Å². The molecule has 7 nitrogen and oxygen atoms in total. The zero-order valence-corrected chi connectivity index (χ0v) is 19.1. The van der Waals surface area contributed by atoms with Gasteiger partial charge in [0.1, 0.15) is 28.4 Å². The van der Waals surface area contributed by atoms with E-state index in [1.165, 1.54) is 11.6 Å². The highest BCUT2D eigenvalue weighted by Crippen LogP contribution is 2.21. The first-order valence-corrected chi connectivity index (χ1v) is 10.9. The number of nitrogens with zero attached hydrogens (tertiary/aromatic N) is 1. The van der Waals surface area contributed by atoms with Gasteiger partial charge in [-0.05, 0) is 73.0 Å². The Kier molecular flexibility index (Phi) is 7.13. The van der Waals surface area contributed by atoms with Crippen LogP contribution in [0.4, 0.5) is 5.69 Å². The van der Waals surface area contributed by atoms with E-state index in [1.807, 2.05) is 24.3 Å². The molecular weight excluding hydrogens is 432 g/mol. The van der Waals surface area contributed by atoms with Gasteiger partial charge in [-0.3, -0.25) is 4.79 Å². The van der Waals surface area contributed by atoms with E-state index >= 15 is 0 Å². The monoisotopic (exact) mass is 458 g/mol. The average molecular weight is 459 g/mol. The molecule has 0 aliphatic carbocycles. The van der Waals surface area contributed by atoms with Crippen molar-refractivity contribution in [2.24, 2.45) is 4.99 Å². The zero-order chi connectivity index (χ0) is 23.9. The van der Waals surface area contributed by atoms with Crippen molar-refractivity contribution >= 4 is 22.6 Å². The van der Waals surface area contributed by atoms with Crippen LogP contribution in [-0.2, 0) is 6.42 Å². The molecule has 174 valence electrons. The highest BCUT2D eigenvalue weighted by atomic mass is 16.5. The number of benzene rings is 3. The third-order valence-corrected chi connectivity index (χ3v) is 5.37. The number of carbonyl (C=O) groups is 1. The summed E-state index contributed by atoms with van der Waals surface area (Å²) in [6.07, 6.45) is 1.61. The number of fused-ring (bicyclic) bond motifs is 1. The van der Waals surface area contributed by atoms with E-state index in [0.29, 0.717) is 34.5 Å². The molecule has 0 aliphatic heterocycles. The number of phenolic OH excluding ortho intramolecular Hbond substituents is 1. The fourth-order valence-electron chi connectivity index (χ4n) is 3.51. The molecular formula is C27H26N2O5. The minimum absolute atomic E-state index is 0.0716. The van der Waals surface area contributed by atoms with Crippen LogP contribution in [0.25, 0.3) is 11.0 Å². The highest BCUT2D eigenvalue weighted by molar-refractivity contribution is 5.96. The van der Waals surface area contributed by atoms with Crippen LogP contribution in [0.3, 0.4) is 0 Å². The van der Waals surface area contributed by atoms with Crippen LogP contribution in [-0.4, -0.2) is 31.8 Å². The van der Waals surface area contributed by atoms with Gasteiger partial charge in [0.05, 0.1) is 19.9 Å². The van der Waals surface area contributed by atoms with Crippen LogP contribution >= 0.6 is 0 Å². The number of phenols is 1. The molecule has 3 aromatic carbocycles. The molecule has 4 aromatic rings. The quantitative estimate of drug-likeness (QED) is 0.372. The fraction of sp³-hybridized carbons (Fsp3) is 0.185. The van der Waals surface area contributed by atoms with Crippen LogP contribution < -0.4 is 20.3 Å². The van der Waals surface area contributed by atoms with Gasteiger partial charge in [0.15, 0.2) is 0 Å². The highest BCUT2D eigenvalue weighted by Gasteiger charge is 2.13. The molecule has 0 radical (unpaired) electrons. The summed E-state index contributed by atoms with van der Waals surface area (Å²) in [4.78, 5) is 17.6. The Labute approximate surface area is 197 Å². The van der Waals surface area contributed by atoms with Crippen molar-refractivity contribution in [2.75, 3.05) is 20.8 Å². The van der Waals surface area contributed by atoms with E-state index in [2.05, 4.69) is 10.3 Å². The molecule has 4 rings (SSSR count). The number of rotatable bonds is 8. The van der Waals surface area contributed by atoms with Gasteiger partial charge in [-0.1, -0.05) is 12.1 Å². The van der Waals surface area contributed by atoms with E-state index < -0.39 is 0 Å². The minimum Gasteiger partial charge on any atom is -0.508 e. The van der Waals surface area contributed by atoms with Crippen LogP contribution in [0.1, 0.15) is 22.3 Å². The summed E-state index contributed by atoms with van der Waals surface area (Å²) in [6.45, 7) is 0.500. The Morgan fingerprint density at radius 2 is 1.62 bits per heavy atom. The maximum absolute atomic E-state index is 13.0. The Bertz CT molecular complexity index is 1340. The lowest BCUT2D eigenvalue weighted by Gasteiger charge is -2.08. The van der Waals surface area contributed by atoms with Crippen molar-refractivity contribution in [1.82, 2.24) is 5.32 Å². The van der Waals surface area contributed by atoms with Crippen molar-refractivity contribution in [2.45, 2.75) is 12.8 Å². The van der Waals surface area contributed by atoms with Crippen LogP contribution in [0.5, 0.6) is 17.2 Å². The Balaban J connectivity index is 1.55. The van der Waals surface area contributed by atoms with Gasteiger partial charge >= 0.3 is 0 Å². The lowest BCUT2D eigenvalue weighted by molar-refractivity contribution is 0.0949. The Hall–Kier alpha value is -4.26. The summed E-state index contributed by atoms with van der Waals surface area (Å²) in [5, 5.41) is 13.5. The number of ether oxygens (including phenoxy) is 2. The number of nitrogens with one attached hydrogen (secondary N) is 1. The van der Waals surface area contributed by atoms with E-state index in [0.717, 1.165) is 18.6 Å². The predicted molar refractivity (Wildman–Crippen MR) is 130 cm³/mol. The average Bonchev–Trinajstić information content (AvgIpc) is 2.87. The normalized spacial score (nSPS) is 11.4. The maximum atomic E-state index is 13.0. The molecule has 1 aromatic heterocycles. The Morgan fingerprint density at radius 1 is 0.941 bits per heavy atom. The van der Waals surface area contributed by atoms with Crippen LogP contribution in [0.2, 0.25) is 0 Å². The lowest BCUT2D eigenvalue weighted by atomic mass is 10.1. The SMILES string of the molecule is COc1ccc(CCCNC(=O)c2cc3ccc(O)cc3oc2=Nc2ccc(OC)cc2)cc1. The topological polar surface area (TPSA) is 93.3 Å². The fourth-order valence-corrected chi connectivity index (χ4v) is 3.51. The van der Waals surface area contributed by atoms with E-state index in [9.17, 15) is 9.90 Å². The smallest absolute Gasteiger partial charge is 0.256 e. The molecule has 0 bridgehead atoms. The van der Waals surface area contributed by atoms with Crippen molar-refractivity contribution in [1.29, 1.82) is 0 Å². The number of carbonyl (C=O) groups excluding carboxylic acids is 1. The standard InChI is InChI=1S/C27H26N2O5/c1-32-22-11-5-18(6-12-22)4-3-15-28-26(31)24-16-19-7-10-21(30)17-25(19)34-27(24)29-20-8-13-23(33-2)14-9-20/h5-14,16-17,30H,3-4,15H2,1-2H3,(H,28,31). The van der Waals surface area contributed by atoms with Gasteiger partial charge in [0, 0.05) is 18.0 Å². The number of methoxy groups -OCH3 is 2. The second-order valence-corrected chi connectivity index (χ2v) is 7.70. The number of hydrogen-bond donors (Lipinski definition) is 2. The largest absolute Gasteiger partial charge is 0.508 e. The molecule has 2 N–H and O–H groups in total. The molecule has 1 heterocycles. The summed E-state index contributed by atoms with van der Waals surface area (Å²) in [5.74, 6) is 1.32. The molecule has 0 spiro atoms. The number of aromatic hydroxyl groups is 1. The molecule has 0 unspecified atom stereocenters. The third-order valence-electron chi connectivity index (χ3n) is 5.37. The first kappa shape index (κ1) is 22.9. The second kappa shape index (κ2) is 10.6. The maximum Gasteiger partial charge on any atom is 0.256 e. The van der Waals surface area contributed by atoms with Gasteiger partial charge < -0.3 is 24.3 Å². The molecule has 34 heavy (non-hydrogen) atoms. The minimum atomic E-state index is -0.277. The Morgan fingerprint density at radius 3 is 2.29 bits per heavy atom. The van der Waals surface area contributed by atoms with Gasteiger partial charge in [-0.15, -0.1) is 0 Å². The van der Waals surface area contributed by atoms with Gasteiger partial charge in [-0.25, -0.2) is 4.99 Å². The molecule has 7 heteroatoms. The summed E-state index contributed by atoms with van der Waals surface area (Å²) < 4.78 is 16.3. The van der Waals surface area contributed by atoms with Gasteiger partial charge in [0.2, 0.25) is 5.55 Å². The van der Waals surface area contributed by atoms with Crippen molar-refractivity contribution in [3.8, 4) is 17.2 Å². The van der Waals surface area contributed by atoms with E-state index in [-0.39, 0.29) is 17.2 Å². The predicted octanol–water partition coefficient (Wildman–Crippen LogP) is 4.75. The number of amides is 1. The lowest BCUT2D eigenvalue weighted by Crippen LogP contribution is -2.29. The molecule has 0 fully saturated rings. The zero-order valence-electron chi connectivity index (χ0n) is 19.1. The molecule has 1 amide bonds. The summed E-state index contributed by atoms with van der Waals surface area (Å²) in [6, 6.07) is 21.5. The molecule has 0 atom stereocenters. The van der Waals surface area contributed by atoms with Crippen LogP contribution in [0, 0.1) is 0 Å². The van der Waals surface area contributed by atoms with Crippen LogP contribution in [0.15, 0.2) is 82.2 Å². The summed E-state index contributed by atoms with van der Waals surface area (Å²) >= 11 is 0. The second-order valence-electron chi connectivity index (χ2n) is 7.70. The molecule has 0 aliphatic rings. The van der Waals surface area contributed by atoms with Crippen molar-refractivity contribution in [3.05, 3.63) is 89.5 Å². The number of hydrogen-bond acceptors (Lipinski definition) is 6. The third kappa shape index (κ3) is 5.56. The van der Waals surface area contributed by atoms with E-state index in [4.69, 9.17) is 13.9 Å². The van der Waals surface area contributed by atoms with Gasteiger partial charge in [-0.2, -0.15) is 0 Å². The molecule has 0 saturated heterocycles. The first-order valence-electron chi connectivity index (χ1n) is 10.9. The number of aryl methyl sites for hydroxylation is 1. The summed E-state index contributed by atoms with van der Waals surface area (Å²) in [5.41, 5.74) is 2.70. The molecule has 0 saturated carbocycles.